The molecule has 3 nitrogen and oxygen atoms in total. The number of aromatic nitrogens is 1. The van der Waals surface area contributed by atoms with E-state index < -0.39 is 0 Å². The van der Waals surface area contributed by atoms with Crippen LogP contribution in [0, 0.1) is 5.92 Å². The molecule has 1 saturated carbocycles. The van der Waals surface area contributed by atoms with Crippen LogP contribution in [-0.2, 0) is 4.79 Å². The molecule has 4 heteroatoms. The van der Waals surface area contributed by atoms with E-state index in [4.69, 9.17) is 0 Å². The van der Waals surface area contributed by atoms with E-state index in [0.29, 0.717) is 5.92 Å². The van der Waals surface area contributed by atoms with Gasteiger partial charge in [-0.2, -0.15) is 0 Å². The molecule has 0 bridgehead atoms. The van der Waals surface area contributed by atoms with Crippen LogP contribution < -0.4 is 5.32 Å². The molecule has 1 aliphatic rings. The van der Waals surface area contributed by atoms with Crippen molar-refractivity contribution in [2.75, 3.05) is 5.32 Å². The van der Waals surface area contributed by atoms with Crippen molar-refractivity contribution in [2.24, 2.45) is 5.92 Å². The van der Waals surface area contributed by atoms with E-state index in [-0.39, 0.29) is 11.8 Å². The van der Waals surface area contributed by atoms with Crippen LogP contribution in [0.15, 0.2) is 16.7 Å². The van der Waals surface area contributed by atoms with Gasteiger partial charge >= 0.3 is 0 Å². The zero-order valence-electron chi connectivity index (χ0n) is 9.46. The Labute approximate surface area is 104 Å². The summed E-state index contributed by atoms with van der Waals surface area (Å²) in [6, 6.07) is 3.98. The Bertz CT molecular complexity index is 413. The van der Waals surface area contributed by atoms with Crippen LogP contribution in [0.25, 0.3) is 0 Å². The average Bonchev–Trinajstić information content (AvgIpc) is 3.01. The SMILES string of the molecule is CC(C)C(=O)Nc1nc(Br)ccc1C1CC1. The molecule has 1 aromatic rings. The van der Waals surface area contributed by atoms with Crippen molar-refractivity contribution in [1.82, 2.24) is 4.98 Å². The molecule has 0 spiro atoms. The van der Waals surface area contributed by atoms with Crippen molar-refractivity contribution in [3.05, 3.63) is 22.3 Å². The quantitative estimate of drug-likeness (QED) is 0.865. The fraction of sp³-hybridized carbons (Fsp3) is 0.500. The first-order valence-corrected chi connectivity index (χ1v) is 6.34. The number of amides is 1. The molecule has 1 fully saturated rings. The molecule has 86 valence electrons. The second-order valence-electron chi connectivity index (χ2n) is 4.49. The van der Waals surface area contributed by atoms with Crippen molar-refractivity contribution >= 4 is 27.7 Å². The molecule has 0 aliphatic heterocycles. The lowest BCUT2D eigenvalue weighted by atomic mass is 10.1. The van der Waals surface area contributed by atoms with Crippen molar-refractivity contribution in [3.8, 4) is 0 Å². The molecule has 1 aromatic heterocycles. The smallest absolute Gasteiger partial charge is 0.228 e. The Balaban J connectivity index is 2.23. The van der Waals surface area contributed by atoms with E-state index >= 15 is 0 Å². The van der Waals surface area contributed by atoms with Gasteiger partial charge in [0, 0.05) is 5.92 Å². The van der Waals surface area contributed by atoms with Gasteiger partial charge in [0.1, 0.15) is 10.4 Å². The van der Waals surface area contributed by atoms with Gasteiger partial charge in [-0.3, -0.25) is 4.79 Å². The first kappa shape index (κ1) is 11.6. The minimum Gasteiger partial charge on any atom is -0.310 e. The average molecular weight is 283 g/mol. The third-order valence-corrected chi connectivity index (χ3v) is 3.12. The van der Waals surface area contributed by atoms with Gasteiger partial charge in [-0.15, -0.1) is 0 Å². The van der Waals surface area contributed by atoms with Crippen LogP contribution in [0.1, 0.15) is 38.2 Å². The van der Waals surface area contributed by atoms with Gasteiger partial charge in [0.05, 0.1) is 0 Å². The number of pyridine rings is 1. The van der Waals surface area contributed by atoms with Crippen LogP contribution in [0.2, 0.25) is 0 Å². The van der Waals surface area contributed by atoms with E-state index in [2.05, 4.69) is 26.2 Å². The number of nitrogens with one attached hydrogen (secondary N) is 1. The molecule has 2 rings (SSSR count). The first-order chi connectivity index (χ1) is 7.58. The number of carbonyl (C=O) groups is 1. The summed E-state index contributed by atoms with van der Waals surface area (Å²) in [6.07, 6.45) is 2.40. The molecule has 1 amide bonds. The van der Waals surface area contributed by atoms with Crippen LogP contribution in [0.3, 0.4) is 0 Å². The third kappa shape index (κ3) is 2.61. The summed E-state index contributed by atoms with van der Waals surface area (Å²) in [4.78, 5) is 16.0. The van der Waals surface area contributed by atoms with Gasteiger partial charge in [0.15, 0.2) is 0 Å². The maximum Gasteiger partial charge on any atom is 0.228 e. The third-order valence-electron chi connectivity index (χ3n) is 2.68. The standard InChI is InChI=1S/C12H15BrN2O/c1-7(2)12(16)15-11-9(8-3-4-8)5-6-10(13)14-11/h5-8H,3-4H2,1-2H3,(H,14,15,16). The van der Waals surface area contributed by atoms with Crippen molar-refractivity contribution in [3.63, 3.8) is 0 Å². The van der Waals surface area contributed by atoms with E-state index in [1.54, 1.807) is 0 Å². The number of carbonyl (C=O) groups excluding carboxylic acids is 1. The lowest BCUT2D eigenvalue weighted by molar-refractivity contribution is -0.118. The first-order valence-electron chi connectivity index (χ1n) is 5.55. The van der Waals surface area contributed by atoms with E-state index in [9.17, 15) is 4.79 Å². The molecule has 0 unspecified atom stereocenters. The number of rotatable bonds is 3. The number of hydrogen-bond donors (Lipinski definition) is 1. The van der Waals surface area contributed by atoms with Crippen LogP contribution in [-0.4, -0.2) is 10.9 Å². The predicted octanol–water partition coefficient (Wildman–Crippen LogP) is 3.32. The molecule has 0 aromatic carbocycles. The Kier molecular flexibility index (Phi) is 3.28. The van der Waals surface area contributed by atoms with Gasteiger partial charge in [-0.25, -0.2) is 4.98 Å². The minimum absolute atomic E-state index is 0.0205. The lowest BCUT2D eigenvalue weighted by Gasteiger charge is -2.11. The summed E-state index contributed by atoms with van der Waals surface area (Å²) in [6.45, 7) is 3.76. The summed E-state index contributed by atoms with van der Waals surface area (Å²) in [5.41, 5.74) is 1.16. The molecule has 0 atom stereocenters. The Hall–Kier alpha value is -0.900. The van der Waals surface area contributed by atoms with Crippen LogP contribution >= 0.6 is 15.9 Å². The molecule has 16 heavy (non-hydrogen) atoms. The normalized spacial score (nSPS) is 15.2. The number of anilines is 1. The van der Waals surface area contributed by atoms with Crippen molar-refractivity contribution in [1.29, 1.82) is 0 Å². The summed E-state index contributed by atoms with van der Waals surface area (Å²) in [7, 11) is 0. The van der Waals surface area contributed by atoms with Gasteiger partial charge in [-0.1, -0.05) is 19.9 Å². The fourth-order valence-electron chi connectivity index (χ4n) is 1.53. The highest BCUT2D eigenvalue weighted by molar-refractivity contribution is 9.10. The fourth-order valence-corrected chi connectivity index (χ4v) is 1.84. The van der Waals surface area contributed by atoms with Gasteiger partial charge < -0.3 is 5.32 Å². The Morgan fingerprint density at radius 2 is 2.19 bits per heavy atom. The maximum atomic E-state index is 11.7. The highest BCUT2D eigenvalue weighted by atomic mass is 79.9. The molecule has 1 heterocycles. The molecule has 1 N–H and O–H groups in total. The summed E-state index contributed by atoms with van der Waals surface area (Å²) in [5.74, 6) is 1.30. The second-order valence-corrected chi connectivity index (χ2v) is 5.30. The predicted molar refractivity (Wildman–Crippen MR) is 67.4 cm³/mol. The topological polar surface area (TPSA) is 42.0 Å². The molecule has 0 saturated heterocycles. The van der Waals surface area contributed by atoms with Gasteiger partial charge in [-0.05, 0) is 46.3 Å². The summed E-state index contributed by atoms with van der Waals surface area (Å²) in [5, 5.41) is 2.89. The van der Waals surface area contributed by atoms with E-state index in [0.717, 1.165) is 16.0 Å². The maximum absolute atomic E-state index is 11.7. The molecular weight excluding hydrogens is 268 g/mol. The number of halogens is 1. The Morgan fingerprint density at radius 1 is 1.50 bits per heavy atom. The largest absolute Gasteiger partial charge is 0.310 e. The zero-order valence-corrected chi connectivity index (χ0v) is 11.0. The van der Waals surface area contributed by atoms with E-state index in [1.165, 1.54) is 12.8 Å². The molecular formula is C12H15BrN2O. The van der Waals surface area contributed by atoms with Crippen LogP contribution in [0.5, 0.6) is 0 Å². The zero-order chi connectivity index (χ0) is 11.7. The lowest BCUT2D eigenvalue weighted by Crippen LogP contribution is -2.19. The number of nitrogens with zero attached hydrogens (tertiary/aromatic N) is 1. The highest BCUT2D eigenvalue weighted by Crippen LogP contribution is 2.43. The Morgan fingerprint density at radius 3 is 2.75 bits per heavy atom. The van der Waals surface area contributed by atoms with E-state index in [1.807, 2.05) is 26.0 Å². The van der Waals surface area contributed by atoms with Crippen LogP contribution in [0.4, 0.5) is 5.82 Å². The van der Waals surface area contributed by atoms with Gasteiger partial charge in [0.2, 0.25) is 5.91 Å². The highest BCUT2D eigenvalue weighted by Gasteiger charge is 2.27. The molecule has 0 radical (unpaired) electrons. The summed E-state index contributed by atoms with van der Waals surface area (Å²) >= 11 is 3.33. The van der Waals surface area contributed by atoms with Crippen molar-refractivity contribution < 1.29 is 4.79 Å². The monoisotopic (exact) mass is 282 g/mol. The number of hydrogen-bond acceptors (Lipinski definition) is 2. The molecule has 1 aliphatic carbocycles. The minimum atomic E-state index is -0.0205. The second kappa shape index (κ2) is 4.53. The summed E-state index contributed by atoms with van der Waals surface area (Å²) < 4.78 is 0.760. The van der Waals surface area contributed by atoms with Crippen molar-refractivity contribution in [2.45, 2.75) is 32.6 Å². The van der Waals surface area contributed by atoms with Gasteiger partial charge in [0.25, 0.3) is 0 Å².